The van der Waals surface area contributed by atoms with Gasteiger partial charge in [0.1, 0.15) is 11.9 Å². The molecule has 0 saturated carbocycles. The van der Waals surface area contributed by atoms with E-state index in [4.69, 9.17) is 9.47 Å². The van der Waals surface area contributed by atoms with Crippen LogP contribution in [-0.4, -0.2) is 24.3 Å². The number of aliphatic hydroxyl groups excluding tert-OH is 1. The van der Waals surface area contributed by atoms with Crippen molar-refractivity contribution in [3.63, 3.8) is 0 Å². The summed E-state index contributed by atoms with van der Waals surface area (Å²) in [4.78, 5) is 4.12. The van der Waals surface area contributed by atoms with Crippen LogP contribution in [0, 0.1) is 13.8 Å². The predicted molar refractivity (Wildman–Crippen MR) is 77.3 cm³/mol. The molecular weight excluding hydrogens is 254 g/mol. The van der Waals surface area contributed by atoms with Gasteiger partial charge in [0.25, 0.3) is 0 Å². The van der Waals surface area contributed by atoms with Gasteiger partial charge < -0.3 is 14.6 Å². The van der Waals surface area contributed by atoms with E-state index in [2.05, 4.69) is 4.98 Å². The predicted octanol–water partition coefficient (Wildman–Crippen LogP) is 2.80. The number of pyridine rings is 1. The highest BCUT2D eigenvalue weighted by Crippen LogP contribution is 2.33. The maximum Gasteiger partial charge on any atom is 0.219 e. The second kappa shape index (κ2) is 5.92. The molecule has 2 aromatic rings. The first kappa shape index (κ1) is 14.3. The molecule has 1 heterocycles. The fourth-order valence-electron chi connectivity index (χ4n) is 2.28. The third-order valence-corrected chi connectivity index (χ3v) is 3.37. The third-order valence-electron chi connectivity index (χ3n) is 3.37. The minimum atomic E-state index is -0.775. The summed E-state index contributed by atoms with van der Waals surface area (Å²) in [5.41, 5.74) is 3.43. The molecule has 0 amide bonds. The molecule has 0 radical (unpaired) electrons. The lowest BCUT2D eigenvalue weighted by Gasteiger charge is -2.18. The van der Waals surface area contributed by atoms with Crippen molar-refractivity contribution in [2.24, 2.45) is 0 Å². The highest BCUT2D eigenvalue weighted by atomic mass is 16.5. The number of hydrogen-bond donors (Lipinski definition) is 1. The number of rotatable bonds is 4. The number of aromatic nitrogens is 1. The molecule has 0 aliphatic rings. The molecule has 1 aromatic carbocycles. The molecule has 0 fully saturated rings. The Morgan fingerprint density at radius 2 is 1.80 bits per heavy atom. The molecule has 1 atom stereocenters. The quantitative estimate of drug-likeness (QED) is 0.930. The Morgan fingerprint density at radius 1 is 1.05 bits per heavy atom. The zero-order valence-electron chi connectivity index (χ0n) is 12.2. The smallest absolute Gasteiger partial charge is 0.219 e. The number of aryl methyl sites for hydroxylation is 2. The van der Waals surface area contributed by atoms with E-state index in [9.17, 15) is 5.11 Å². The first-order valence-electron chi connectivity index (χ1n) is 6.40. The number of benzene rings is 1. The molecule has 0 saturated heterocycles. The Kier molecular flexibility index (Phi) is 4.25. The maximum atomic E-state index is 10.6. The van der Waals surface area contributed by atoms with Crippen LogP contribution in [0.3, 0.4) is 0 Å². The first-order valence-corrected chi connectivity index (χ1v) is 6.40. The molecule has 1 aromatic heterocycles. The van der Waals surface area contributed by atoms with Crippen LogP contribution in [0.4, 0.5) is 0 Å². The van der Waals surface area contributed by atoms with Gasteiger partial charge in [0.2, 0.25) is 5.88 Å². The topological polar surface area (TPSA) is 51.6 Å². The van der Waals surface area contributed by atoms with Gasteiger partial charge in [-0.05, 0) is 54.8 Å². The van der Waals surface area contributed by atoms with Crippen LogP contribution in [0.15, 0.2) is 30.5 Å². The van der Waals surface area contributed by atoms with E-state index in [0.29, 0.717) is 11.4 Å². The Hall–Kier alpha value is -2.07. The third kappa shape index (κ3) is 2.60. The number of ether oxygens (including phenoxy) is 2. The molecule has 20 heavy (non-hydrogen) atoms. The van der Waals surface area contributed by atoms with Gasteiger partial charge in [-0.3, -0.25) is 0 Å². The lowest BCUT2D eigenvalue weighted by Crippen LogP contribution is -2.06. The van der Waals surface area contributed by atoms with E-state index in [1.807, 2.05) is 32.0 Å². The Bertz CT molecular complexity index is 611. The second-order valence-corrected chi connectivity index (χ2v) is 4.68. The number of methoxy groups -OCH3 is 2. The summed E-state index contributed by atoms with van der Waals surface area (Å²) < 4.78 is 10.5. The lowest BCUT2D eigenvalue weighted by atomic mass is 9.96. The van der Waals surface area contributed by atoms with Crippen molar-refractivity contribution in [2.75, 3.05) is 14.2 Å². The van der Waals surface area contributed by atoms with Gasteiger partial charge >= 0.3 is 0 Å². The van der Waals surface area contributed by atoms with Gasteiger partial charge in [0.05, 0.1) is 14.2 Å². The van der Waals surface area contributed by atoms with Crippen molar-refractivity contribution in [1.29, 1.82) is 0 Å². The van der Waals surface area contributed by atoms with Crippen molar-refractivity contribution < 1.29 is 14.6 Å². The van der Waals surface area contributed by atoms with E-state index < -0.39 is 6.10 Å². The monoisotopic (exact) mass is 273 g/mol. The summed E-state index contributed by atoms with van der Waals surface area (Å²) >= 11 is 0. The molecule has 0 spiro atoms. The zero-order chi connectivity index (χ0) is 14.7. The van der Waals surface area contributed by atoms with Gasteiger partial charge in [-0.2, -0.15) is 0 Å². The van der Waals surface area contributed by atoms with Crippen LogP contribution in [-0.2, 0) is 0 Å². The highest BCUT2D eigenvalue weighted by Gasteiger charge is 2.19. The molecule has 0 aliphatic carbocycles. The largest absolute Gasteiger partial charge is 0.496 e. The van der Waals surface area contributed by atoms with Crippen LogP contribution < -0.4 is 9.47 Å². The van der Waals surface area contributed by atoms with Gasteiger partial charge in [-0.15, -0.1) is 0 Å². The molecule has 1 N–H and O–H groups in total. The Balaban J connectivity index is 2.48. The summed E-state index contributed by atoms with van der Waals surface area (Å²) in [6, 6.07) is 7.46. The molecule has 2 rings (SSSR count). The summed E-state index contributed by atoms with van der Waals surface area (Å²) in [5.74, 6) is 1.25. The van der Waals surface area contributed by atoms with E-state index >= 15 is 0 Å². The van der Waals surface area contributed by atoms with E-state index in [-0.39, 0.29) is 0 Å². The van der Waals surface area contributed by atoms with Crippen molar-refractivity contribution in [3.05, 3.63) is 52.7 Å². The molecule has 4 heteroatoms. The van der Waals surface area contributed by atoms with Gasteiger partial charge in [-0.25, -0.2) is 4.98 Å². The fourth-order valence-corrected chi connectivity index (χ4v) is 2.28. The first-order chi connectivity index (χ1) is 9.58. The highest BCUT2D eigenvalue weighted by molar-refractivity contribution is 5.46. The Labute approximate surface area is 119 Å². The standard InChI is InChI=1S/C16H19NO3/c1-10-9-14(19-3)11(2)8-13(10)15(18)12-6-5-7-17-16(12)20-4/h5-9,15,18H,1-4H3. The Morgan fingerprint density at radius 3 is 2.45 bits per heavy atom. The van der Waals surface area contributed by atoms with E-state index in [1.54, 1.807) is 26.5 Å². The number of aliphatic hydroxyl groups is 1. The van der Waals surface area contributed by atoms with Crippen LogP contribution in [0.2, 0.25) is 0 Å². The fraction of sp³-hybridized carbons (Fsp3) is 0.312. The van der Waals surface area contributed by atoms with Crippen LogP contribution >= 0.6 is 0 Å². The lowest BCUT2D eigenvalue weighted by molar-refractivity contribution is 0.212. The van der Waals surface area contributed by atoms with Crippen molar-refractivity contribution in [3.8, 4) is 11.6 Å². The normalized spacial score (nSPS) is 12.1. The summed E-state index contributed by atoms with van der Waals surface area (Å²) in [6.45, 7) is 3.90. The molecule has 1 unspecified atom stereocenters. The molecule has 0 bridgehead atoms. The summed E-state index contributed by atoms with van der Waals surface area (Å²) in [6.07, 6.45) is 0.865. The van der Waals surface area contributed by atoms with Gasteiger partial charge in [0.15, 0.2) is 0 Å². The number of hydrogen-bond acceptors (Lipinski definition) is 4. The zero-order valence-corrected chi connectivity index (χ0v) is 12.2. The van der Waals surface area contributed by atoms with Crippen molar-refractivity contribution in [1.82, 2.24) is 4.98 Å². The summed E-state index contributed by atoms with van der Waals surface area (Å²) in [7, 11) is 3.19. The molecule has 4 nitrogen and oxygen atoms in total. The van der Waals surface area contributed by atoms with Gasteiger partial charge in [0, 0.05) is 11.8 Å². The molecular formula is C16H19NO3. The average Bonchev–Trinajstić information content (AvgIpc) is 2.48. The maximum absolute atomic E-state index is 10.6. The van der Waals surface area contributed by atoms with E-state index in [0.717, 1.165) is 22.4 Å². The van der Waals surface area contributed by atoms with Crippen LogP contribution in [0.5, 0.6) is 11.6 Å². The molecule has 106 valence electrons. The minimum absolute atomic E-state index is 0.438. The van der Waals surface area contributed by atoms with Gasteiger partial charge in [-0.1, -0.05) is 0 Å². The van der Waals surface area contributed by atoms with Crippen LogP contribution in [0.25, 0.3) is 0 Å². The minimum Gasteiger partial charge on any atom is -0.496 e. The average molecular weight is 273 g/mol. The second-order valence-electron chi connectivity index (χ2n) is 4.68. The number of nitrogens with zero attached hydrogens (tertiary/aromatic N) is 1. The molecule has 0 aliphatic heterocycles. The van der Waals surface area contributed by atoms with Crippen molar-refractivity contribution >= 4 is 0 Å². The summed E-state index contributed by atoms with van der Waals surface area (Å²) in [5, 5.41) is 10.6. The van der Waals surface area contributed by atoms with E-state index in [1.165, 1.54) is 0 Å². The SMILES string of the molecule is COc1cc(C)c(C(O)c2cccnc2OC)cc1C. The van der Waals surface area contributed by atoms with Crippen LogP contribution in [0.1, 0.15) is 28.4 Å². The van der Waals surface area contributed by atoms with Crippen molar-refractivity contribution in [2.45, 2.75) is 20.0 Å².